The maximum absolute atomic E-state index is 13.3. The van der Waals surface area contributed by atoms with Crippen LogP contribution >= 0.6 is 0 Å². The molecule has 3 atom stereocenters. The number of carbonyl (C=O) groups is 1. The van der Waals surface area contributed by atoms with Crippen LogP contribution in [0.1, 0.15) is 69.1 Å². The third-order valence-corrected chi connectivity index (χ3v) is 5.58. The number of fused-ring (bicyclic) bond motifs is 1. The van der Waals surface area contributed by atoms with E-state index in [-0.39, 0.29) is 17.9 Å². The Morgan fingerprint density at radius 1 is 1.28 bits per heavy atom. The molecular weight excluding hydrogens is 331 g/mol. The van der Waals surface area contributed by atoms with E-state index in [4.69, 9.17) is 4.42 Å². The molecule has 0 radical (unpaired) electrons. The lowest BCUT2D eigenvalue weighted by atomic mass is 9.74. The van der Waals surface area contributed by atoms with Gasteiger partial charge in [0.25, 0.3) is 0 Å². The maximum atomic E-state index is 13.3. The molecule has 1 heterocycles. The minimum atomic E-state index is -4.31. The summed E-state index contributed by atoms with van der Waals surface area (Å²) in [6.07, 6.45) is -1.26. The van der Waals surface area contributed by atoms with Crippen LogP contribution < -0.4 is 5.32 Å². The average Bonchev–Trinajstić information content (AvgIpc) is 2.85. The van der Waals surface area contributed by atoms with Crippen LogP contribution in [0.2, 0.25) is 0 Å². The molecule has 3 nitrogen and oxygen atoms in total. The van der Waals surface area contributed by atoms with Gasteiger partial charge in [-0.25, -0.2) is 0 Å². The average molecular weight is 357 g/mol. The number of alkyl halides is 3. The molecular formula is C19H26F3NO2. The second-order valence-electron chi connectivity index (χ2n) is 8.38. The fourth-order valence-corrected chi connectivity index (χ4v) is 4.43. The molecule has 25 heavy (non-hydrogen) atoms. The molecule has 2 aliphatic rings. The summed E-state index contributed by atoms with van der Waals surface area (Å²) in [7, 11) is 0. The summed E-state index contributed by atoms with van der Waals surface area (Å²) in [5.41, 5.74) is 0.857. The Bertz CT molecular complexity index is 648. The Hall–Kier alpha value is -1.46. The van der Waals surface area contributed by atoms with E-state index in [2.05, 4.69) is 19.2 Å². The van der Waals surface area contributed by atoms with Crippen LogP contribution in [0.3, 0.4) is 0 Å². The van der Waals surface area contributed by atoms with Crippen molar-refractivity contribution in [1.29, 1.82) is 0 Å². The lowest BCUT2D eigenvalue weighted by Gasteiger charge is -2.37. The lowest BCUT2D eigenvalue weighted by Crippen LogP contribution is -2.45. The summed E-state index contributed by atoms with van der Waals surface area (Å²) in [5, 5.41) is 2.92. The topological polar surface area (TPSA) is 42.2 Å². The number of carbonyl (C=O) groups excluding carboxylic acids is 1. The molecule has 0 saturated heterocycles. The Morgan fingerprint density at radius 2 is 1.96 bits per heavy atom. The number of nitrogens with one attached hydrogen (secondary N) is 1. The van der Waals surface area contributed by atoms with Crippen molar-refractivity contribution in [2.45, 2.75) is 71.5 Å². The van der Waals surface area contributed by atoms with Crippen molar-refractivity contribution in [3.05, 3.63) is 23.2 Å². The summed E-state index contributed by atoms with van der Waals surface area (Å²) in [5.74, 6) is -1.35. The number of furan rings is 1. The predicted octanol–water partition coefficient (Wildman–Crippen LogP) is 5.09. The molecule has 0 spiro atoms. The van der Waals surface area contributed by atoms with Crippen LogP contribution in [0, 0.1) is 24.2 Å². The second-order valence-corrected chi connectivity index (χ2v) is 8.38. The van der Waals surface area contributed by atoms with E-state index in [1.807, 2.05) is 13.0 Å². The van der Waals surface area contributed by atoms with Gasteiger partial charge in [0.1, 0.15) is 11.5 Å². The first-order chi connectivity index (χ1) is 11.6. The lowest BCUT2D eigenvalue weighted by molar-refractivity contribution is -0.198. The van der Waals surface area contributed by atoms with Crippen molar-refractivity contribution in [3.63, 3.8) is 0 Å². The third-order valence-electron chi connectivity index (χ3n) is 5.58. The number of rotatable bonds is 2. The summed E-state index contributed by atoms with van der Waals surface area (Å²) in [6.45, 7) is 6.03. The van der Waals surface area contributed by atoms with Gasteiger partial charge >= 0.3 is 6.18 Å². The Balaban J connectivity index is 1.80. The van der Waals surface area contributed by atoms with Crippen LogP contribution in [0.5, 0.6) is 0 Å². The minimum absolute atomic E-state index is 0.0494. The number of amides is 1. The number of halogens is 3. The first kappa shape index (κ1) is 18.3. The normalized spacial score (nSPS) is 29.1. The molecule has 1 N–H and O–H groups in total. The van der Waals surface area contributed by atoms with Crippen molar-refractivity contribution < 1.29 is 22.4 Å². The molecule has 0 aromatic carbocycles. The fraction of sp³-hybridized carbons (Fsp3) is 0.737. The molecule has 0 aliphatic heterocycles. The molecule has 6 heteroatoms. The molecule has 1 fully saturated rings. The third kappa shape index (κ3) is 3.87. The van der Waals surface area contributed by atoms with Crippen molar-refractivity contribution in [2.24, 2.45) is 17.3 Å². The van der Waals surface area contributed by atoms with E-state index >= 15 is 0 Å². The van der Waals surface area contributed by atoms with Crippen molar-refractivity contribution in [1.82, 2.24) is 5.32 Å². The quantitative estimate of drug-likeness (QED) is 0.801. The summed E-state index contributed by atoms with van der Waals surface area (Å²) >= 11 is 0. The van der Waals surface area contributed by atoms with Gasteiger partial charge in [-0.1, -0.05) is 26.7 Å². The van der Waals surface area contributed by atoms with Gasteiger partial charge < -0.3 is 9.73 Å². The molecule has 1 saturated carbocycles. The zero-order valence-corrected chi connectivity index (χ0v) is 15.0. The maximum Gasteiger partial charge on any atom is 0.392 e. The monoisotopic (exact) mass is 357 g/mol. The molecule has 2 aliphatic carbocycles. The van der Waals surface area contributed by atoms with Gasteiger partial charge in [0, 0.05) is 17.9 Å². The van der Waals surface area contributed by atoms with Crippen LogP contribution in [0.25, 0.3) is 0 Å². The number of hydrogen-bond acceptors (Lipinski definition) is 2. The highest BCUT2D eigenvalue weighted by atomic mass is 19.4. The second kappa shape index (κ2) is 6.36. The van der Waals surface area contributed by atoms with Crippen LogP contribution in [0.4, 0.5) is 13.2 Å². The smallest absolute Gasteiger partial charge is 0.392 e. The van der Waals surface area contributed by atoms with Crippen LogP contribution in [-0.2, 0) is 11.2 Å². The first-order valence-corrected chi connectivity index (χ1v) is 9.03. The van der Waals surface area contributed by atoms with Gasteiger partial charge in [-0.3, -0.25) is 4.79 Å². The standard InChI is InChI=1S/C19H26F3NO2/c1-11-8-13-15(9-18(2,3)10-16(13)25-11)23-17(24)12-6-4-5-7-14(12)19(20,21)22/h8,12,14-15H,4-7,9-10H2,1-3H3,(H,23,24). The van der Waals surface area contributed by atoms with E-state index in [9.17, 15) is 18.0 Å². The zero-order chi connectivity index (χ0) is 18.4. The van der Waals surface area contributed by atoms with E-state index in [1.54, 1.807) is 0 Å². The van der Waals surface area contributed by atoms with Gasteiger partial charge in [-0.15, -0.1) is 0 Å². The molecule has 1 amide bonds. The highest BCUT2D eigenvalue weighted by Crippen LogP contribution is 2.44. The summed E-state index contributed by atoms with van der Waals surface area (Å²) in [6, 6.07) is 1.62. The number of aryl methyl sites for hydroxylation is 1. The van der Waals surface area contributed by atoms with E-state index in [0.29, 0.717) is 25.7 Å². The molecule has 1 aromatic rings. The highest BCUT2D eigenvalue weighted by Gasteiger charge is 2.48. The molecule has 3 unspecified atom stereocenters. The van der Waals surface area contributed by atoms with Crippen LogP contribution in [-0.4, -0.2) is 12.1 Å². The van der Waals surface area contributed by atoms with Crippen molar-refractivity contribution >= 4 is 5.91 Å². The molecule has 3 rings (SSSR count). The Kier molecular flexibility index (Phi) is 4.67. The van der Waals surface area contributed by atoms with Crippen molar-refractivity contribution in [2.75, 3.05) is 0 Å². The van der Waals surface area contributed by atoms with Crippen LogP contribution in [0.15, 0.2) is 10.5 Å². The minimum Gasteiger partial charge on any atom is -0.466 e. The zero-order valence-electron chi connectivity index (χ0n) is 15.0. The SMILES string of the molecule is Cc1cc2c(o1)CC(C)(C)CC2NC(=O)C1CCCCC1C(F)(F)F. The van der Waals surface area contributed by atoms with Gasteiger partial charge in [0.15, 0.2) is 0 Å². The van der Waals surface area contributed by atoms with Gasteiger partial charge in [-0.05, 0) is 37.7 Å². The van der Waals surface area contributed by atoms with Gasteiger partial charge in [0.2, 0.25) is 5.91 Å². The summed E-state index contributed by atoms with van der Waals surface area (Å²) < 4.78 is 45.6. The summed E-state index contributed by atoms with van der Waals surface area (Å²) in [4.78, 5) is 12.7. The molecule has 0 bridgehead atoms. The fourth-order valence-electron chi connectivity index (χ4n) is 4.43. The van der Waals surface area contributed by atoms with E-state index in [0.717, 1.165) is 23.5 Å². The Labute approximate surface area is 146 Å². The first-order valence-electron chi connectivity index (χ1n) is 9.03. The van der Waals surface area contributed by atoms with Gasteiger partial charge in [-0.2, -0.15) is 13.2 Å². The Morgan fingerprint density at radius 3 is 2.64 bits per heavy atom. The van der Waals surface area contributed by atoms with E-state index in [1.165, 1.54) is 0 Å². The van der Waals surface area contributed by atoms with Gasteiger partial charge in [0.05, 0.1) is 12.0 Å². The highest BCUT2D eigenvalue weighted by molar-refractivity contribution is 5.79. The predicted molar refractivity (Wildman–Crippen MR) is 87.9 cm³/mol. The number of hydrogen-bond donors (Lipinski definition) is 1. The van der Waals surface area contributed by atoms with Crippen molar-refractivity contribution in [3.8, 4) is 0 Å². The molecule has 140 valence electrons. The largest absolute Gasteiger partial charge is 0.466 e. The van der Waals surface area contributed by atoms with E-state index < -0.39 is 23.9 Å². The molecule has 1 aromatic heterocycles.